The van der Waals surface area contributed by atoms with Gasteiger partial charge in [0.1, 0.15) is 0 Å². The molecule has 0 atom stereocenters. The highest BCUT2D eigenvalue weighted by Gasteiger charge is 1.90. The van der Waals surface area contributed by atoms with Gasteiger partial charge in [0.05, 0.1) is 0 Å². The van der Waals surface area contributed by atoms with Crippen LogP contribution in [0.25, 0.3) is 36.5 Å². The van der Waals surface area contributed by atoms with Gasteiger partial charge in [-0.1, -0.05) is 251 Å². The lowest BCUT2D eigenvalue weighted by molar-refractivity contribution is 1.50. The molecule has 5 aromatic rings. The maximum atomic E-state index is 2.14. The van der Waals surface area contributed by atoms with Gasteiger partial charge in [-0.2, -0.15) is 0 Å². The third kappa shape index (κ3) is 21.1. The molecule has 5 aromatic carbocycles. The number of hydrogen-bond acceptors (Lipinski definition) is 0. The van der Waals surface area contributed by atoms with E-state index in [4.69, 9.17) is 0 Å². The van der Waals surface area contributed by atoms with E-state index in [0.29, 0.717) is 0 Å². The molecular weight excluding hydrogens is 553 g/mol. The Morgan fingerprint density at radius 3 is 0.478 bits per heavy atom. The van der Waals surface area contributed by atoms with Crippen molar-refractivity contribution in [2.24, 2.45) is 0 Å². The molecule has 0 spiro atoms. The molecule has 0 heteroatoms. The van der Waals surface area contributed by atoms with Gasteiger partial charge in [0.2, 0.25) is 0 Å². The molecule has 0 aliphatic heterocycles. The van der Waals surface area contributed by atoms with Crippen molar-refractivity contribution in [1.82, 2.24) is 0 Å². The van der Waals surface area contributed by atoms with Crippen molar-refractivity contribution in [2.75, 3.05) is 0 Å². The zero-order chi connectivity index (χ0) is 34.7. The van der Waals surface area contributed by atoms with Crippen molar-refractivity contribution >= 4 is 36.5 Å². The minimum atomic E-state index is 1.21. The molecule has 244 valence electrons. The largest absolute Gasteiger partial charge is 0.0683 e. The van der Waals surface area contributed by atoms with E-state index in [1.807, 2.05) is 118 Å². The van der Waals surface area contributed by atoms with E-state index >= 15 is 0 Å². The van der Waals surface area contributed by atoms with Crippen LogP contribution in [0, 0.1) is 0 Å². The lowest BCUT2D eigenvalue weighted by Gasteiger charge is -1.97. The summed E-state index contributed by atoms with van der Waals surface area (Å²) in [5.41, 5.74) is 7.32. The number of hydrogen-bond donors (Lipinski definition) is 0. The van der Waals surface area contributed by atoms with Crippen LogP contribution >= 0.6 is 0 Å². The van der Waals surface area contributed by atoms with E-state index in [1.54, 1.807) is 0 Å². The van der Waals surface area contributed by atoms with E-state index in [0.717, 1.165) is 0 Å². The molecular formula is C46H60. The molecule has 0 aliphatic carbocycles. The fourth-order valence-corrected chi connectivity index (χ4v) is 3.55. The zero-order valence-electron chi connectivity index (χ0n) is 30.3. The molecule has 0 unspecified atom stereocenters. The first-order chi connectivity index (χ1) is 22.8. The lowest BCUT2D eigenvalue weighted by atomic mass is 10.1. The van der Waals surface area contributed by atoms with Crippen LogP contribution in [0.15, 0.2) is 146 Å². The van der Waals surface area contributed by atoms with Crippen LogP contribution in [0.2, 0.25) is 0 Å². The van der Waals surface area contributed by atoms with Crippen LogP contribution in [0.1, 0.15) is 103 Å². The van der Waals surface area contributed by atoms with E-state index < -0.39 is 0 Å². The van der Waals surface area contributed by atoms with Crippen LogP contribution in [-0.2, 0) is 0 Å². The van der Waals surface area contributed by atoms with Gasteiger partial charge in [0.15, 0.2) is 0 Å². The molecule has 0 fully saturated rings. The first-order valence-electron chi connectivity index (χ1n) is 17.2. The summed E-state index contributed by atoms with van der Waals surface area (Å²) in [6.07, 6.45) is 12.8. The lowest BCUT2D eigenvalue weighted by Crippen LogP contribution is -1.75. The SMILES string of the molecule is C(=Cc1ccc(C=Cc2ccccc2)cc1)c1ccccc1.C(=Cc1ccccc1)c1ccccc1.CC.CC.CC.CC.CC. The van der Waals surface area contributed by atoms with Crippen molar-refractivity contribution in [3.05, 3.63) is 179 Å². The van der Waals surface area contributed by atoms with Crippen LogP contribution in [0.4, 0.5) is 0 Å². The summed E-state index contributed by atoms with van der Waals surface area (Å²) < 4.78 is 0. The zero-order valence-corrected chi connectivity index (χ0v) is 30.3. The maximum absolute atomic E-state index is 2.14. The molecule has 0 amide bonds. The van der Waals surface area contributed by atoms with Gasteiger partial charge in [-0.3, -0.25) is 0 Å². The molecule has 0 saturated carbocycles. The second kappa shape index (κ2) is 33.2. The Morgan fingerprint density at radius 1 is 0.196 bits per heavy atom. The topological polar surface area (TPSA) is 0 Å². The van der Waals surface area contributed by atoms with Gasteiger partial charge in [0, 0.05) is 0 Å². The number of benzene rings is 5. The summed E-state index contributed by atoms with van der Waals surface area (Å²) in [7, 11) is 0. The Labute approximate surface area is 283 Å². The summed E-state index contributed by atoms with van der Waals surface area (Å²) in [4.78, 5) is 0. The predicted molar refractivity (Wildman–Crippen MR) is 216 cm³/mol. The van der Waals surface area contributed by atoms with Crippen LogP contribution in [0.3, 0.4) is 0 Å². The molecule has 0 aliphatic rings. The van der Waals surface area contributed by atoms with E-state index in [9.17, 15) is 0 Å². The van der Waals surface area contributed by atoms with Gasteiger partial charge in [-0.25, -0.2) is 0 Å². The Morgan fingerprint density at radius 2 is 0.326 bits per heavy atom. The van der Waals surface area contributed by atoms with Gasteiger partial charge in [0.25, 0.3) is 0 Å². The Kier molecular flexibility index (Phi) is 31.4. The first-order valence-corrected chi connectivity index (χ1v) is 17.2. The maximum Gasteiger partial charge on any atom is -0.0256 e. The average molecular weight is 613 g/mol. The monoisotopic (exact) mass is 612 g/mol. The van der Waals surface area contributed by atoms with E-state index in [2.05, 4.69) is 134 Å². The Bertz CT molecular complexity index is 1250. The smallest absolute Gasteiger partial charge is 0.0256 e. The summed E-state index contributed by atoms with van der Waals surface area (Å²) >= 11 is 0. The fourth-order valence-electron chi connectivity index (χ4n) is 3.55. The van der Waals surface area contributed by atoms with E-state index in [-0.39, 0.29) is 0 Å². The quantitative estimate of drug-likeness (QED) is 0.167. The van der Waals surface area contributed by atoms with Crippen molar-refractivity contribution in [3.8, 4) is 0 Å². The second-order valence-corrected chi connectivity index (χ2v) is 8.31. The Balaban J connectivity index is 0. The standard InChI is InChI=1S/C22H18.C14H12.5C2H6/c1-3-7-19(8-4-1)11-13-21-15-17-22(18-16-21)14-12-20-9-5-2-6-10-20;1-3-7-13(8-4-1)11-12-14-9-5-2-6-10-14;5*1-2/h1-18H;1-12H;5*1-2H3. The molecule has 0 heterocycles. The highest BCUT2D eigenvalue weighted by atomic mass is 14.0. The third-order valence-corrected chi connectivity index (χ3v) is 5.54. The molecule has 0 N–H and O–H groups in total. The molecule has 0 bridgehead atoms. The third-order valence-electron chi connectivity index (χ3n) is 5.54. The molecule has 5 rings (SSSR count). The fraction of sp³-hybridized carbons (Fsp3) is 0.217. The van der Waals surface area contributed by atoms with Crippen molar-refractivity contribution in [1.29, 1.82) is 0 Å². The van der Waals surface area contributed by atoms with Gasteiger partial charge in [-0.15, -0.1) is 0 Å². The predicted octanol–water partition coefficient (Wildman–Crippen LogP) is 15.0. The van der Waals surface area contributed by atoms with Gasteiger partial charge in [-0.05, 0) is 33.4 Å². The number of rotatable bonds is 6. The highest BCUT2D eigenvalue weighted by molar-refractivity contribution is 5.73. The summed E-state index contributed by atoms with van der Waals surface area (Å²) in [6.45, 7) is 20.0. The van der Waals surface area contributed by atoms with Gasteiger partial charge < -0.3 is 0 Å². The minimum absolute atomic E-state index is 1.21. The normalized spacial score (nSPS) is 9.26. The Hall–Kier alpha value is -4.68. The molecule has 0 radical (unpaired) electrons. The molecule has 46 heavy (non-hydrogen) atoms. The highest BCUT2D eigenvalue weighted by Crippen LogP contribution is 2.12. The van der Waals surface area contributed by atoms with Crippen LogP contribution in [0.5, 0.6) is 0 Å². The minimum Gasteiger partial charge on any atom is -0.0683 e. The van der Waals surface area contributed by atoms with Crippen molar-refractivity contribution < 1.29 is 0 Å². The molecule has 0 aromatic heterocycles. The van der Waals surface area contributed by atoms with Crippen molar-refractivity contribution in [2.45, 2.75) is 69.2 Å². The summed E-state index contributed by atoms with van der Waals surface area (Å²) in [5.74, 6) is 0. The van der Waals surface area contributed by atoms with Crippen LogP contribution in [-0.4, -0.2) is 0 Å². The van der Waals surface area contributed by atoms with Gasteiger partial charge >= 0.3 is 0 Å². The first kappa shape index (κ1) is 43.4. The van der Waals surface area contributed by atoms with E-state index in [1.165, 1.54) is 33.4 Å². The van der Waals surface area contributed by atoms with Crippen molar-refractivity contribution in [3.63, 3.8) is 0 Å². The average Bonchev–Trinajstić information content (AvgIpc) is 3.19. The van der Waals surface area contributed by atoms with Crippen LogP contribution < -0.4 is 0 Å². The summed E-state index contributed by atoms with van der Waals surface area (Å²) in [5, 5.41) is 0. The summed E-state index contributed by atoms with van der Waals surface area (Å²) in [6, 6.07) is 49.9. The second-order valence-electron chi connectivity index (χ2n) is 8.31. The molecule has 0 nitrogen and oxygen atoms in total. The molecule has 0 saturated heterocycles.